The van der Waals surface area contributed by atoms with Crippen molar-refractivity contribution in [2.24, 2.45) is 0 Å². The Morgan fingerprint density at radius 1 is 1.20 bits per heavy atom. The number of carbonyl (C=O) groups is 1. The number of carbonyl (C=O) groups excluding carboxylic acids is 1. The molecule has 2 nitrogen and oxygen atoms in total. The Morgan fingerprint density at radius 2 is 1.80 bits per heavy atom. The summed E-state index contributed by atoms with van der Waals surface area (Å²) in [6.45, 7) is 6.81. The Hall–Kier alpha value is -1.31. The van der Waals surface area contributed by atoms with Crippen LogP contribution in [0, 0.1) is 0 Å². The molecular formula is C13H21NO. The lowest BCUT2D eigenvalue weighted by atomic mass is 10.1. The van der Waals surface area contributed by atoms with Gasteiger partial charge in [-0.25, -0.2) is 0 Å². The molecule has 0 aliphatic carbocycles. The predicted molar refractivity (Wildman–Crippen MR) is 64.8 cm³/mol. The third-order valence-corrected chi connectivity index (χ3v) is 1.78. The average Bonchev–Trinajstić information content (AvgIpc) is 2.30. The molecule has 0 atom stereocenters. The molecule has 84 valence electrons. The molecule has 1 N–H and O–H groups in total. The van der Waals surface area contributed by atoms with Gasteiger partial charge in [0.1, 0.15) is 0 Å². The van der Waals surface area contributed by atoms with Crippen LogP contribution in [0.4, 0.5) is 0 Å². The number of amides is 1. The fourth-order valence-corrected chi connectivity index (χ4v) is 1.11. The molecule has 2 heteroatoms. The highest BCUT2D eigenvalue weighted by Crippen LogP contribution is 1.98. The monoisotopic (exact) mass is 207 g/mol. The summed E-state index contributed by atoms with van der Waals surface area (Å²) in [7, 11) is 0. The van der Waals surface area contributed by atoms with E-state index in [-0.39, 0.29) is 5.91 Å². The molecule has 1 amide bonds. The lowest BCUT2D eigenvalue weighted by Gasteiger charge is -2.02. The van der Waals surface area contributed by atoms with E-state index in [9.17, 15) is 4.79 Å². The fourth-order valence-electron chi connectivity index (χ4n) is 1.11. The topological polar surface area (TPSA) is 29.1 Å². The molecule has 0 saturated carbocycles. The zero-order valence-electron chi connectivity index (χ0n) is 9.92. The van der Waals surface area contributed by atoms with Crippen molar-refractivity contribution in [3.8, 4) is 0 Å². The van der Waals surface area contributed by atoms with E-state index in [1.165, 1.54) is 0 Å². The van der Waals surface area contributed by atoms with Crippen molar-refractivity contribution in [3.05, 3.63) is 35.9 Å². The van der Waals surface area contributed by atoms with Gasteiger partial charge < -0.3 is 5.32 Å². The highest BCUT2D eigenvalue weighted by Gasteiger charge is 2.00. The summed E-state index contributed by atoms with van der Waals surface area (Å²) in [5.74, 6) is 0.105. The number of benzene rings is 1. The fraction of sp³-hybridized carbons (Fsp3) is 0.462. The van der Waals surface area contributed by atoms with Gasteiger partial charge in [-0.2, -0.15) is 0 Å². The van der Waals surface area contributed by atoms with Gasteiger partial charge in [-0.05, 0) is 12.0 Å². The van der Waals surface area contributed by atoms with Crippen molar-refractivity contribution in [3.63, 3.8) is 0 Å². The lowest BCUT2D eigenvalue weighted by Crippen LogP contribution is -2.25. The van der Waals surface area contributed by atoms with E-state index < -0.39 is 0 Å². The van der Waals surface area contributed by atoms with E-state index in [4.69, 9.17) is 0 Å². The van der Waals surface area contributed by atoms with E-state index in [0.717, 1.165) is 18.5 Å². The molecule has 0 bridgehead atoms. The minimum Gasteiger partial charge on any atom is -0.356 e. The minimum atomic E-state index is 0.105. The zero-order chi connectivity index (χ0) is 11.5. The van der Waals surface area contributed by atoms with Crippen molar-refractivity contribution >= 4 is 5.91 Å². The highest BCUT2D eigenvalue weighted by atomic mass is 16.1. The van der Waals surface area contributed by atoms with Gasteiger partial charge >= 0.3 is 0 Å². The van der Waals surface area contributed by atoms with Gasteiger partial charge in [-0.1, -0.05) is 51.1 Å². The first-order valence-corrected chi connectivity index (χ1v) is 5.63. The summed E-state index contributed by atoms with van der Waals surface area (Å²) < 4.78 is 0. The molecule has 15 heavy (non-hydrogen) atoms. The zero-order valence-corrected chi connectivity index (χ0v) is 9.92. The number of rotatable bonds is 4. The second kappa shape index (κ2) is 9.25. The summed E-state index contributed by atoms with van der Waals surface area (Å²) in [6, 6.07) is 9.77. The Bertz CT molecular complexity index is 256. The standard InChI is InChI=1S/C11H15NO.C2H6/c1-2-8-12-11(13)9-10-6-4-3-5-7-10;1-2/h3-7H,2,8-9H2,1H3,(H,12,13);1-2H3. The van der Waals surface area contributed by atoms with Gasteiger partial charge in [0.25, 0.3) is 0 Å². The summed E-state index contributed by atoms with van der Waals surface area (Å²) in [5, 5.41) is 2.84. The van der Waals surface area contributed by atoms with Crippen LogP contribution >= 0.6 is 0 Å². The van der Waals surface area contributed by atoms with Crippen LogP contribution in [-0.2, 0) is 11.2 Å². The third kappa shape index (κ3) is 6.72. The van der Waals surface area contributed by atoms with E-state index in [0.29, 0.717) is 6.42 Å². The van der Waals surface area contributed by atoms with Gasteiger partial charge in [-0.15, -0.1) is 0 Å². The van der Waals surface area contributed by atoms with E-state index >= 15 is 0 Å². The Kier molecular flexibility index (Phi) is 8.44. The van der Waals surface area contributed by atoms with Crippen molar-refractivity contribution in [1.29, 1.82) is 0 Å². The van der Waals surface area contributed by atoms with Gasteiger partial charge in [-0.3, -0.25) is 4.79 Å². The van der Waals surface area contributed by atoms with Crippen molar-refractivity contribution in [1.82, 2.24) is 5.32 Å². The Balaban J connectivity index is 0.000000921. The highest BCUT2D eigenvalue weighted by molar-refractivity contribution is 5.78. The number of hydrogen-bond donors (Lipinski definition) is 1. The third-order valence-electron chi connectivity index (χ3n) is 1.78. The van der Waals surface area contributed by atoms with E-state index in [1.807, 2.05) is 51.1 Å². The van der Waals surface area contributed by atoms with Crippen molar-refractivity contribution in [2.45, 2.75) is 33.6 Å². The van der Waals surface area contributed by atoms with Crippen LogP contribution in [0.5, 0.6) is 0 Å². The van der Waals surface area contributed by atoms with E-state index in [1.54, 1.807) is 0 Å². The molecule has 0 aromatic heterocycles. The molecule has 0 radical (unpaired) electrons. The maximum absolute atomic E-state index is 11.3. The molecule has 1 rings (SSSR count). The van der Waals surface area contributed by atoms with Gasteiger partial charge in [0.2, 0.25) is 5.91 Å². The van der Waals surface area contributed by atoms with Gasteiger partial charge in [0.15, 0.2) is 0 Å². The average molecular weight is 207 g/mol. The first kappa shape index (κ1) is 13.7. The van der Waals surface area contributed by atoms with Crippen LogP contribution < -0.4 is 5.32 Å². The quantitative estimate of drug-likeness (QED) is 0.808. The predicted octanol–water partition coefficient (Wildman–Crippen LogP) is 2.78. The largest absolute Gasteiger partial charge is 0.356 e. The lowest BCUT2D eigenvalue weighted by molar-refractivity contribution is -0.120. The van der Waals surface area contributed by atoms with Crippen LogP contribution in [0.25, 0.3) is 0 Å². The smallest absolute Gasteiger partial charge is 0.224 e. The molecule has 0 saturated heterocycles. The SMILES string of the molecule is CC.CCCNC(=O)Cc1ccccc1. The first-order chi connectivity index (χ1) is 7.33. The van der Waals surface area contributed by atoms with E-state index in [2.05, 4.69) is 5.32 Å². The normalized spacial score (nSPS) is 8.73. The summed E-state index contributed by atoms with van der Waals surface area (Å²) in [6.07, 6.45) is 1.47. The second-order valence-electron chi connectivity index (χ2n) is 3.01. The van der Waals surface area contributed by atoms with Crippen LogP contribution in [-0.4, -0.2) is 12.5 Å². The summed E-state index contributed by atoms with van der Waals surface area (Å²) >= 11 is 0. The molecule has 0 fully saturated rings. The molecule has 0 aliphatic heterocycles. The molecule has 1 aromatic carbocycles. The molecule has 0 unspecified atom stereocenters. The van der Waals surface area contributed by atoms with Crippen molar-refractivity contribution < 1.29 is 4.79 Å². The minimum absolute atomic E-state index is 0.105. The summed E-state index contributed by atoms with van der Waals surface area (Å²) in [4.78, 5) is 11.3. The number of hydrogen-bond acceptors (Lipinski definition) is 1. The molecule has 0 spiro atoms. The molecule has 0 aliphatic rings. The van der Waals surface area contributed by atoms with Crippen molar-refractivity contribution in [2.75, 3.05) is 6.54 Å². The van der Waals surface area contributed by atoms with Crippen LogP contribution in [0.3, 0.4) is 0 Å². The number of nitrogens with one attached hydrogen (secondary N) is 1. The molecule has 0 heterocycles. The van der Waals surface area contributed by atoms with Crippen LogP contribution in [0.2, 0.25) is 0 Å². The maximum atomic E-state index is 11.3. The molecule has 1 aromatic rings. The Labute approximate surface area is 92.7 Å². The van der Waals surface area contributed by atoms with Crippen LogP contribution in [0.1, 0.15) is 32.8 Å². The second-order valence-corrected chi connectivity index (χ2v) is 3.01. The Morgan fingerprint density at radius 3 is 2.33 bits per heavy atom. The van der Waals surface area contributed by atoms with Crippen LogP contribution in [0.15, 0.2) is 30.3 Å². The summed E-state index contributed by atoms with van der Waals surface area (Å²) in [5.41, 5.74) is 1.07. The molecular weight excluding hydrogens is 186 g/mol. The van der Waals surface area contributed by atoms with Gasteiger partial charge in [0, 0.05) is 6.54 Å². The first-order valence-electron chi connectivity index (χ1n) is 5.63. The maximum Gasteiger partial charge on any atom is 0.224 e. The van der Waals surface area contributed by atoms with Gasteiger partial charge in [0.05, 0.1) is 6.42 Å².